The molecule has 0 saturated carbocycles. The minimum Gasteiger partial charge on any atom is -0.368 e. The molecule has 0 saturated heterocycles. The van der Waals surface area contributed by atoms with Crippen LogP contribution in [-0.4, -0.2) is 28.6 Å². The smallest absolute Gasteiger partial charge is 0.240 e. The molecule has 1 heterocycles. The lowest BCUT2D eigenvalue weighted by Gasteiger charge is -2.35. The maximum atomic E-state index is 12.1. The summed E-state index contributed by atoms with van der Waals surface area (Å²) in [5, 5.41) is 0. The van der Waals surface area contributed by atoms with Crippen molar-refractivity contribution >= 4 is 23.4 Å². The van der Waals surface area contributed by atoms with E-state index in [1.807, 2.05) is 24.3 Å². The molecule has 1 aromatic carbocycles. The van der Waals surface area contributed by atoms with Crippen LogP contribution in [0.2, 0.25) is 0 Å². The number of primary amides is 1. The van der Waals surface area contributed by atoms with Gasteiger partial charge in [-0.05, 0) is 17.5 Å². The third-order valence-electron chi connectivity index (χ3n) is 3.42. The molecule has 102 valence electrons. The van der Waals surface area contributed by atoms with Gasteiger partial charge in [-0.15, -0.1) is 11.6 Å². The molecule has 2 N–H and O–H groups in total. The number of nitrogens with two attached hydrogens (primary N) is 1. The van der Waals surface area contributed by atoms with E-state index in [9.17, 15) is 9.59 Å². The molecule has 0 aromatic heterocycles. The zero-order valence-corrected chi connectivity index (χ0v) is 11.4. The summed E-state index contributed by atoms with van der Waals surface area (Å²) in [6, 6.07) is 7.28. The summed E-state index contributed by atoms with van der Waals surface area (Å²) in [5.41, 5.74) is 7.60. The number of alkyl halides is 1. The van der Waals surface area contributed by atoms with E-state index in [0.29, 0.717) is 31.7 Å². The molecule has 19 heavy (non-hydrogen) atoms. The Labute approximate surface area is 117 Å². The second-order valence-electron chi connectivity index (χ2n) is 4.71. The number of nitrogens with zero attached hydrogens (tertiary/aromatic N) is 1. The molecular weight excluding hydrogens is 264 g/mol. The average molecular weight is 281 g/mol. The van der Waals surface area contributed by atoms with Crippen molar-refractivity contribution in [1.29, 1.82) is 0 Å². The van der Waals surface area contributed by atoms with E-state index < -0.39 is 11.9 Å². The van der Waals surface area contributed by atoms with E-state index in [4.69, 9.17) is 17.3 Å². The van der Waals surface area contributed by atoms with Crippen LogP contribution >= 0.6 is 11.6 Å². The highest BCUT2D eigenvalue weighted by atomic mass is 35.5. The van der Waals surface area contributed by atoms with Gasteiger partial charge in [-0.1, -0.05) is 24.3 Å². The fourth-order valence-electron chi connectivity index (χ4n) is 2.40. The fraction of sp³-hybridized carbons (Fsp3) is 0.429. The van der Waals surface area contributed by atoms with Crippen LogP contribution in [0.5, 0.6) is 0 Å². The number of amides is 2. The van der Waals surface area contributed by atoms with Crippen LogP contribution in [0.25, 0.3) is 0 Å². The van der Waals surface area contributed by atoms with E-state index in [2.05, 4.69) is 0 Å². The van der Waals surface area contributed by atoms with Gasteiger partial charge in [0.2, 0.25) is 11.8 Å². The predicted octanol–water partition coefficient (Wildman–Crippen LogP) is 1.44. The molecule has 1 aromatic rings. The van der Waals surface area contributed by atoms with E-state index in [-0.39, 0.29) is 5.91 Å². The Morgan fingerprint density at radius 2 is 2.00 bits per heavy atom. The summed E-state index contributed by atoms with van der Waals surface area (Å²) in [4.78, 5) is 25.3. The van der Waals surface area contributed by atoms with Crippen LogP contribution < -0.4 is 5.73 Å². The van der Waals surface area contributed by atoms with Gasteiger partial charge in [0.15, 0.2) is 0 Å². The summed E-state index contributed by atoms with van der Waals surface area (Å²) >= 11 is 5.60. The Balaban J connectivity index is 2.21. The van der Waals surface area contributed by atoms with Crippen molar-refractivity contribution < 1.29 is 9.59 Å². The molecule has 0 fully saturated rings. The first-order chi connectivity index (χ1) is 9.13. The third kappa shape index (κ3) is 3.07. The molecule has 4 nitrogen and oxygen atoms in total. The van der Waals surface area contributed by atoms with Crippen molar-refractivity contribution in [2.45, 2.75) is 31.8 Å². The van der Waals surface area contributed by atoms with Crippen LogP contribution in [0.15, 0.2) is 24.3 Å². The number of carbonyl (C=O) groups excluding carboxylic acids is 2. The molecule has 2 rings (SSSR count). The number of hydrogen-bond donors (Lipinski definition) is 1. The molecule has 1 atom stereocenters. The van der Waals surface area contributed by atoms with Gasteiger partial charge >= 0.3 is 0 Å². The number of rotatable bonds is 4. The highest BCUT2D eigenvalue weighted by Crippen LogP contribution is 2.24. The van der Waals surface area contributed by atoms with Crippen molar-refractivity contribution in [3.05, 3.63) is 35.4 Å². The SMILES string of the molecule is NC(=O)[C@@H]1Cc2ccccc2CN1C(=O)CCCCl. The van der Waals surface area contributed by atoms with E-state index in [1.54, 1.807) is 4.90 Å². The summed E-state index contributed by atoms with van der Waals surface area (Å²) in [7, 11) is 0. The summed E-state index contributed by atoms with van der Waals surface area (Å²) in [6.45, 7) is 0.449. The first kappa shape index (κ1) is 13.9. The number of carbonyl (C=O) groups is 2. The quantitative estimate of drug-likeness (QED) is 0.849. The molecule has 1 aliphatic rings. The maximum absolute atomic E-state index is 12.1. The second-order valence-corrected chi connectivity index (χ2v) is 5.08. The van der Waals surface area contributed by atoms with Crippen molar-refractivity contribution in [3.8, 4) is 0 Å². The lowest BCUT2D eigenvalue weighted by molar-refractivity contribution is -0.140. The van der Waals surface area contributed by atoms with E-state index in [0.717, 1.165) is 11.1 Å². The third-order valence-corrected chi connectivity index (χ3v) is 3.69. The molecule has 0 bridgehead atoms. The fourth-order valence-corrected chi connectivity index (χ4v) is 2.53. The lowest BCUT2D eigenvalue weighted by atomic mass is 9.93. The zero-order chi connectivity index (χ0) is 13.8. The largest absolute Gasteiger partial charge is 0.368 e. The molecule has 0 radical (unpaired) electrons. The van der Waals surface area contributed by atoms with Crippen LogP contribution in [-0.2, 0) is 22.6 Å². The molecule has 2 amide bonds. The minimum atomic E-state index is -0.544. The van der Waals surface area contributed by atoms with E-state index in [1.165, 1.54) is 0 Å². The predicted molar refractivity (Wildman–Crippen MR) is 73.6 cm³/mol. The molecule has 0 aliphatic carbocycles. The summed E-state index contributed by atoms with van der Waals surface area (Å²) in [5.74, 6) is -0.0649. The van der Waals surface area contributed by atoms with Gasteiger partial charge in [-0.3, -0.25) is 9.59 Å². The van der Waals surface area contributed by atoms with Gasteiger partial charge in [-0.2, -0.15) is 0 Å². The molecule has 0 unspecified atom stereocenters. The standard InChI is InChI=1S/C14H17ClN2O2/c15-7-3-6-13(18)17-9-11-5-2-1-4-10(11)8-12(17)14(16)19/h1-2,4-5,12H,3,6-9H2,(H2,16,19)/t12-/m0/s1. The summed E-state index contributed by atoms with van der Waals surface area (Å²) in [6.07, 6.45) is 1.47. The highest BCUT2D eigenvalue weighted by Gasteiger charge is 2.32. The Hall–Kier alpha value is -1.55. The minimum absolute atomic E-state index is 0.0565. The van der Waals surface area contributed by atoms with Gasteiger partial charge in [0, 0.05) is 25.3 Å². The van der Waals surface area contributed by atoms with Gasteiger partial charge in [-0.25, -0.2) is 0 Å². The number of halogens is 1. The van der Waals surface area contributed by atoms with Crippen LogP contribution in [0, 0.1) is 0 Å². The Kier molecular flexibility index (Phi) is 4.43. The topological polar surface area (TPSA) is 63.4 Å². The first-order valence-corrected chi connectivity index (χ1v) is 6.88. The molecule has 1 aliphatic heterocycles. The van der Waals surface area contributed by atoms with Gasteiger partial charge < -0.3 is 10.6 Å². The molecule has 0 spiro atoms. The van der Waals surface area contributed by atoms with Crippen LogP contribution in [0.1, 0.15) is 24.0 Å². The summed E-state index contributed by atoms with van der Waals surface area (Å²) < 4.78 is 0. The zero-order valence-electron chi connectivity index (χ0n) is 10.6. The second kappa shape index (κ2) is 6.06. The number of benzene rings is 1. The Bertz CT molecular complexity index is 490. The maximum Gasteiger partial charge on any atom is 0.240 e. The first-order valence-electron chi connectivity index (χ1n) is 6.35. The van der Waals surface area contributed by atoms with Crippen LogP contribution in [0.4, 0.5) is 0 Å². The van der Waals surface area contributed by atoms with Crippen molar-refractivity contribution in [2.75, 3.05) is 5.88 Å². The van der Waals surface area contributed by atoms with Crippen molar-refractivity contribution in [3.63, 3.8) is 0 Å². The number of fused-ring (bicyclic) bond motifs is 1. The molecule has 5 heteroatoms. The lowest BCUT2D eigenvalue weighted by Crippen LogP contribution is -2.51. The van der Waals surface area contributed by atoms with Crippen molar-refractivity contribution in [1.82, 2.24) is 4.90 Å². The Morgan fingerprint density at radius 3 is 2.63 bits per heavy atom. The van der Waals surface area contributed by atoms with Crippen molar-refractivity contribution in [2.24, 2.45) is 5.73 Å². The monoisotopic (exact) mass is 280 g/mol. The Morgan fingerprint density at radius 1 is 1.32 bits per heavy atom. The van der Waals surface area contributed by atoms with Gasteiger partial charge in [0.05, 0.1) is 0 Å². The van der Waals surface area contributed by atoms with Gasteiger partial charge in [0.25, 0.3) is 0 Å². The highest BCUT2D eigenvalue weighted by molar-refractivity contribution is 6.17. The van der Waals surface area contributed by atoms with Crippen LogP contribution in [0.3, 0.4) is 0 Å². The van der Waals surface area contributed by atoms with E-state index >= 15 is 0 Å². The van der Waals surface area contributed by atoms with Gasteiger partial charge in [0.1, 0.15) is 6.04 Å². The molecular formula is C14H17ClN2O2. The average Bonchev–Trinajstić information content (AvgIpc) is 2.43. The normalized spacial score (nSPS) is 17.9. The number of hydrogen-bond acceptors (Lipinski definition) is 2.